The van der Waals surface area contributed by atoms with Crippen LogP contribution in [0.25, 0.3) is 22.4 Å². The molecule has 3 aromatic rings. The van der Waals surface area contributed by atoms with E-state index in [1.807, 2.05) is 57.2 Å². The van der Waals surface area contributed by atoms with Crippen molar-refractivity contribution in [1.29, 1.82) is 0 Å². The van der Waals surface area contributed by atoms with Gasteiger partial charge in [0.05, 0.1) is 8.44 Å². The van der Waals surface area contributed by atoms with Crippen molar-refractivity contribution in [3.05, 3.63) is 78.4 Å². The highest BCUT2D eigenvalue weighted by atomic mass is 14.7. The molecule has 0 spiro atoms. The van der Waals surface area contributed by atoms with Crippen molar-refractivity contribution in [2.75, 3.05) is 0 Å². The van der Waals surface area contributed by atoms with Gasteiger partial charge in [-0.1, -0.05) is 75.3 Å². The first kappa shape index (κ1) is 11.2. The van der Waals surface area contributed by atoms with E-state index >= 15 is 0 Å². The largest absolute Gasteiger partial charge is 0.256 e. The summed E-state index contributed by atoms with van der Waals surface area (Å²) >= 11 is 0. The van der Waals surface area contributed by atoms with Gasteiger partial charge >= 0.3 is 0 Å². The Bertz CT molecular complexity index is 937. The van der Waals surface area contributed by atoms with Crippen LogP contribution < -0.4 is 0 Å². The van der Waals surface area contributed by atoms with Crippen molar-refractivity contribution in [3.63, 3.8) is 0 Å². The molecule has 0 radical (unpaired) electrons. The van der Waals surface area contributed by atoms with Gasteiger partial charge in [0.15, 0.2) is 0 Å². The predicted molar refractivity (Wildman–Crippen MR) is 98.3 cm³/mol. The summed E-state index contributed by atoms with van der Waals surface area (Å²) in [5, 5.41) is 0. The molecular formula is C22H23N. The van der Waals surface area contributed by atoms with Crippen LogP contribution in [-0.4, -0.2) is 4.98 Å². The third-order valence-electron chi connectivity index (χ3n) is 3.38. The first-order valence-electron chi connectivity index (χ1n) is 9.75. The summed E-state index contributed by atoms with van der Waals surface area (Å²) in [6, 6.07) is 16.8. The first-order valence-corrected chi connectivity index (χ1v) is 7.75. The third kappa shape index (κ3) is 4.07. The minimum atomic E-state index is -1.63. The summed E-state index contributed by atoms with van der Waals surface area (Å²) in [4.78, 5) is 4.40. The molecule has 0 atom stereocenters. The molecule has 0 saturated heterocycles. The molecule has 1 nitrogen and oxygen atoms in total. The Hall–Kier alpha value is -2.41. The summed E-state index contributed by atoms with van der Waals surface area (Å²) in [5.74, 6) is 0. The molecule has 0 bridgehead atoms. The molecule has 0 unspecified atom stereocenters. The smallest absolute Gasteiger partial charge is 0.0708 e. The van der Waals surface area contributed by atoms with Crippen molar-refractivity contribution in [3.8, 4) is 22.4 Å². The second kappa shape index (κ2) is 6.37. The van der Waals surface area contributed by atoms with Gasteiger partial charge in [0.2, 0.25) is 0 Å². The molecule has 0 amide bonds. The molecule has 3 rings (SSSR count). The zero-order valence-corrected chi connectivity index (χ0v) is 13.7. The van der Waals surface area contributed by atoms with Crippen LogP contribution >= 0.6 is 0 Å². The van der Waals surface area contributed by atoms with Crippen LogP contribution in [0.4, 0.5) is 0 Å². The Kier molecular flexibility index (Phi) is 3.10. The molecule has 0 aliphatic rings. The van der Waals surface area contributed by atoms with Gasteiger partial charge in [-0.05, 0) is 40.6 Å². The Balaban J connectivity index is 2.09. The van der Waals surface area contributed by atoms with Crippen molar-refractivity contribution in [2.24, 2.45) is 5.41 Å². The third-order valence-corrected chi connectivity index (χ3v) is 3.38. The molecule has 1 heterocycles. The average molecular weight is 305 g/mol. The Morgan fingerprint density at radius 2 is 1.61 bits per heavy atom. The lowest BCUT2D eigenvalue weighted by atomic mass is 9.87. The van der Waals surface area contributed by atoms with Crippen LogP contribution in [-0.2, 0) is 6.37 Å². The molecule has 23 heavy (non-hydrogen) atoms. The molecular weight excluding hydrogens is 278 g/mol. The first-order chi connectivity index (χ1) is 12.6. The van der Waals surface area contributed by atoms with Gasteiger partial charge < -0.3 is 0 Å². The molecule has 0 fully saturated rings. The minimum absolute atomic E-state index is 0.149. The Morgan fingerprint density at radius 1 is 0.913 bits per heavy atom. The Labute approximate surface area is 144 Å². The van der Waals surface area contributed by atoms with Gasteiger partial charge in [0, 0.05) is 14.5 Å². The van der Waals surface area contributed by atoms with E-state index in [2.05, 4.69) is 4.98 Å². The number of hydrogen-bond donors (Lipinski definition) is 0. The predicted octanol–water partition coefficient (Wildman–Crippen LogP) is 6.00. The van der Waals surface area contributed by atoms with E-state index in [1.165, 1.54) is 0 Å². The lowest BCUT2D eigenvalue weighted by molar-refractivity contribution is 0.411. The van der Waals surface area contributed by atoms with Gasteiger partial charge in [-0.25, -0.2) is 0 Å². The SMILES string of the molecule is [2H]c1cc(C([2H])([2H])C(C)(C)C)cc([2H])c1-c1ccnc(-c2ccccc2)c1. The normalized spacial score (nSPS) is 14.6. The maximum absolute atomic E-state index is 8.44. The van der Waals surface area contributed by atoms with Gasteiger partial charge in [-0.3, -0.25) is 4.98 Å². The van der Waals surface area contributed by atoms with Crippen LogP contribution in [0.15, 0.2) is 72.9 Å². The fourth-order valence-electron chi connectivity index (χ4n) is 2.41. The summed E-state index contributed by atoms with van der Waals surface area (Å²) < 4.78 is 33.7. The number of pyridine rings is 1. The van der Waals surface area contributed by atoms with Crippen molar-refractivity contribution < 1.29 is 5.48 Å². The van der Waals surface area contributed by atoms with Gasteiger partial charge in [-0.15, -0.1) is 0 Å². The molecule has 116 valence electrons. The fourth-order valence-corrected chi connectivity index (χ4v) is 2.41. The number of nitrogens with zero attached hydrogens (tertiary/aromatic N) is 1. The fraction of sp³-hybridized carbons (Fsp3) is 0.227. The zero-order chi connectivity index (χ0) is 19.8. The van der Waals surface area contributed by atoms with E-state index in [4.69, 9.17) is 5.48 Å². The Morgan fingerprint density at radius 3 is 2.26 bits per heavy atom. The quantitative estimate of drug-likeness (QED) is 0.578. The van der Waals surface area contributed by atoms with Crippen LogP contribution in [0.2, 0.25) is 0 Å². The summed E-state index contributed by atoms with van der Waals surface area (Å²) in [7, 11) is 0. The van der Waals surface area contributed by atoms with E-state index in [-0.39, 0.29) is 12.1 Å². The number of hydrogen-bond acceptors (Lipinski definition) is 1. The molecule has 1 aromatic heterocycles. The van der Waals surface area contributed by atoms with E-state index in [0.29, 0.717) is 11.1 Å². The van der Waals surface area contributed by atoms with Crippen molar-refractivity contribution in [1.82, 2.24) is 4.98 Å². The molecule has 2 aromatic carbocycles. The maximum atomic E-state index is 8.44. The average Bonchev–Trinajstić information content (AvgIpc) is 2.61. The van der Waals surface area contributed by atoms with E-state index in [0.717, 1.165) is 16.8 Å². The number of rotatable bonds is 3. The van der Waals surface area contributed by atoms with E-state index in [9.17, 15) is 0 Å². The second-order valence-electron chi connectivity index (χ2n) is 6.58. The van der Waals surface area contributed by atoms with Gasteiger partial charge in [-0.2, -0.15) is 0 Å². The molecule has 0 aliphatic carbocycles. The molecule has 1 heteroatoms. The standard InChI is InChI=1S/C22H23N/c1-22(2,3)16-17-9-11-18(12-10-17)20-13-14-23-21(15-20)19-7-5-4-6-8-19/h4-15H,16H2,1-3H3/i11D,12D,16D2. The molecule has 0 saturated carbocycles. The summed E-state index contributed by atoms with van der Waals surface area (Å²) in [5.41, 5.74) is 2.71. The lowest BCUT2D eigenvalue weighted by Crippen LogP contribution is -2.08. The van der Waals surface area contributed by atoms with Gasteiger partial charge in [0.25, 0.3) is 0 Å². The van der Waals surface area contributed by atoms with Crippen molar-refractivity contribution >= 4 is 0 Å². The summed E-state index contributed by atoms with van der Waals surface area (Å²) in [6.07, 6.45) is 0.0451. The monoisotopic (exact) mass is 305 g/mol. The van der Waals surface area contributed by atoms with E-state index < -0.39 is 11.8 Å². The maximum Gasteiger partial charge on any atom is 0.0708 e. The van der Waals surface area contributed by atoms with Gasteiger partial charge in [0.1, 0.15) is 0 Å². The zero-order valence-electron chi connectivity index (χ0n) is 17.7. The number of benzene rings is 2. The highest BCUT2D eigenvalue weighted by Crippen LogP contribution is 2.26. The lowest BCUT2D eigenvalue weighted by Gasteiger charge is -2.18. The van der Waals surface area contributed by atoms with Crippen LogP contribution in [0.3, 0.4) is 0 Å². The highest BCUT2D eigenvalue weighted by molar-refractivity contribution is 5.70. The highest BCUT2D eigenvalue weighted by Gasteiger charge is 2.11. The van der Waals surface area contributed by atoms with Crippen LogP contribution in [0.1, 0.15) is 31.8 Å². The molecule has 0 aliphatic heterocycles. The summed E-state index contributed by atoms with van der Waals surface area (Å²) in [6.45, 7) is 5.47. The topological polar surface area (TPSA) is 12.9 Å². The van der Waals surface area contributed by atoms with Crippen LogP contribution in [0, 0.1) is 5.41 Å². The van der Waals surface area contributed by atoms with E-state index in [1.54, 1.807) is 24.4 Å². The van der Waals surface area contributed by atoms with Crippen molar-refractivity contribution in [2.45, 2.75) is 27.1 Å². The van der Waals surface area contributed by atoms with Crippen LogP contribution in [0.5, 0.6) is 0 Å². The molecule has 0 N–H and O–H groups in total. The second-order valence-corrected chi connectivity index (χ2v) is 6.58. The number of aromatic nitrogens is 1. The minimum Gasteiger partial charge on any atom is -0.256 e.